The summed E-state index contributed by atoms with van der Waals surface area (Å²) in [6.07, 6.45) is 0.833. The summed E-state index contributed by atoms with van der Waals surface area (Å²) in [4.78, 5) is 35.7. The highest BCUT2D eigenvalue weighted by molar-refractivity contribution is 9.10. The van der Waals surface area contributed by atoms with Crippen LogP contribution in [-0.2, 0) is 11.2 Å². The zero-order chi connectivity index (χ0) is 29.4. The third-order valence-electron chi connectivity index (χ3n) is 6.94. The molecule has 1 amide bonds. The van der Waals surface area contributed by atoms with E-state index in [2.05, 4.69) is 90.7 Å². The number of anilines is 2. The van der Waals surface area contributed by atoms with Crippen LogP contribution >= 0.6 is 66.7 Å². The van der Waals surface area contributed by atoms with E-state index in [-0.39, 0.29) is 27.9 Å². The quantitative estimate of drug-likeness (QED) is 0.0978. The van der Waals surface area contributed by atoms with E-state index in [1.807, 2.05) is 11.8 Å². The predicted octanol–water partition coefficient (Wildman–Crippen LogP) is 8.85. The summed E-state index contributed by atoms with van der Waals surface area (Å²) < 4.78 is 2.10. The number of halogens is 2. The second kappa shape index (κ2) is 12.5. The monoisotopic (exact) mass is 738 g/mol. The lowest BCUT2D eigenvalue weighted by Crippen LogP contribution is -2.14. The average Bonchev–Trinajstić information content (AvgIpc) is 3.36. The molecule has 2 aromatic heterocycles. The normalized spacial score (nSPS) is 16.3. The molecule has 1 aliphatic rings. The fourth-order valence-corrected chi connectivity index (χ4v) is 9.13. The van der Waals surface area contributed by atoms with Crippen LogP contribution in [0, 0.1) is 0 Å². The number of aromatic nitrogens is 2. The highest BCUT2D eigenvalue weighted by Crippen LogP contribution is 2.56. The Morgan fingerprint density at radius 3 is 2.24 bits per heavy atom. The Morgan fingerprint density at radius 2 is 1.60 bits per heavy atom. The van der Waals surface area contributed by atoms with Crippen molar-refractivity contribution >= 4 is 100 Å². The van der Waals surface area contributed by atoms with Gasteiger partial charge in [0.25, 0.3) is 0 Å². The molecule has 3 heterocycles. The number of ketones is 1. The minimum atomic E-state index is -0.188. The van der Waals surface area contributed by atoms with Crippen molar-refractivity contribution in [3.8, 4) is 0 Å². The number of fused-ring (bicyclic) bond motifs is 3. The molecule has 5 aromatic rings. The SMILES string of the molecule is CC(=O)c1ccc(NC(=O)CSc2nc(N)c3c4c(sc3n2)C(c2ccc(Br)cc2)SC(c2ccc(Br)cc2)C4)cc1. The maximum Gasteiger partial charge on any atom is 0.234 e. The summed E-state index contributed by atoms with van der Waals surface area (Å²) in [5.41, 5.74) is 11.5. The van der Waals surface area contributed by atoms with E-state index >= 15 is 0 Å². The molecule has 2 unspecified atom stereocenters. The summed E-state index contributed by atoms with van der Waals surface area (Å²) in [6, 6.07) is 23.9. The number of rotatable bonds is 7. The minimum absolute atomic E-state index is 0.0191. The van der Waals surface area contributed by atoms with Crippen LogP contribution in [0.2, 0.25) is 0 Å². The predicted molar refractivity (Wildman–Crippen MR) is 182 cm³/mol. The van der Waals surface area contributed by atoms with Crippen LogP contribution in [0.1, 0.15) is 49.3 Å². The third-order valence-corrected chi connectivity index (χ3v) is 11.7. The summed E-state index contributed by atoms with van der Waals surface area (Å²) in [5, 5.41) is 4.62. The number of nitrogens with one attached hydrogen (secondary N) is 1. The number of amides is 1. The molecule has 0 saturated carbocycles. The number of carbonyl (C=O) groups excluding carboxylic acids is 2. The van der Waals surface area contributed by atoms with Crippen LogP contribution in [0.4, 0.5) is 11.5 Å². The van der Waals surface area contributed by atoms with Gasteiger partial charge in [0.2, 0.25) is 5.91 Å². The van der Waals surface area contributed by atoms with Crippen molar-refractivity contribution in [1.82, 2.24) is 9.97 Å². The van der Waals surface area contributed by atoms with Gasteiger partial charge in [-0.15, -0.1) is 23.1 Å². The van der Waals surface area contributed by atoms with Crippen LogP contribution in [0.5, 0.6) is 0 Å². The molecule has 6 nitrogen and oxygen atoms in total. The van der Waals surface area contributed by atoms with Crippen molar-refractivity contribution in [1.29, 1.82) is 0 Å². The lowest BCUT2D eigenvalue weighted by molar-refractivity contribution is -0.113. The van der Waals surface area contributed by atoms with E-state index < -0.39 is 0 Å². The topological polar surface area (TPSA) is 98.0 Å². The lowest BCUT2D eigenvalue weighted by Gasteiger charge is -2.30. The first-order valence-electron chi connectivity index (χ1n) is 13.0. The van der Waals surface area contributed by atoms with Gasteiger partial charge in [0.05, 0.1) is 16.4 Å². The number of nitrogens with two attached hydrogens (primary N) is 1. The van der Waals surface area contributed by atoms with Gasteiger partial charge in [-0.3, -0.25) is 9.59 Å². The van der Waals surface area contributed by atoms with Crippen molar-refractivity contribution in [3.63, 3.8) is 0 Å². The van der Waals surface area contributed by atoms with Gasteiger partial charge in [0, 0.05) is 30.3 Å². The van der Waals surface area contributed by atoms with Crippen molar-refractivity contribution < 1.29 is 9.59 Å². The van der Waals surface area contributed by atoms with Crippen LogP contribution in [-0.4, -0.2) is 27.4 Å². The standard InChI is InChI=1S/C31H24Br2N4O2S3/c1-16(38)17-6-12-22(13-7-17)35-25(39)15-40-31-36-29(34)26-23-14-24(18-2-8-20(32)9-3-18)41-27(28(23)42-30(26)37-31)19-4-10-21(33)11-5-19/h2-13,24,27H,14-15H2,1H3,(H,35,39)(H2,34,36,37). The lowest BCUT2D eigenvalue weighted by atomic mass is 9.98. The second-order valence-corrected chi connectivity index (χ2v) is 14.9. The number of thiophene rings is 1. The molecule has 0 radical (unpaired) electrons. The van der Waals surface area contributed by atoms with Crippen molar-refractivity contribution in [2.45, 2.75) is 29.0 Å². The molecule has 1 aliphatic heterocycles. The van der Waals surface area contributed by atoms with Gasteiger partial charge in [0.1, 0.15) is 10.6 Å². The molecule has 0 aliphatic carbocycles. The van der Waals surface area contributed by atoms with E-state index in [0.29, 0.717) is 22.2 Å². The molecule has 0 bridgehead atoms. The van der Waals surface area contributed by atoms with Crippen molar-refractivity contribution in [2.75, 3.05) is 16.8 Å². The molecule has 3 aromatic carbocycles. The minimum Gasteiger partial charge on any atom is -0.383 e. The van der Waals surface area contributed by atoms with Gasteiger partial charge in [-0.1, -0.05) is 67.9 Å². The molecule has 42 heavy (non-hydrogen) atoms. The summed E-state index contributed by atoms with van der Waals surface area (Å²) in [7, 11) is 0. The van der Waals surface area contributed by atoms with E-state index in [1.165, 1.54) is 40.3 Å². The van der Waals surface area contributed by atoms with E-state index in [1.54, 1.807) is 35.6 Å². The Bertz CT molecular complexity index is 1790. The number of benzene rings is 3. The number of nitrogens with zero attached hydrogens (tertiary/aromatic N) is 2. The van der Waals surface area contributed by atoms with Crippen molar-refractivity contribution in [3.05, 3.63) is 109 Å². The molecule has 0 fully saturated rings. The second-order valence-electron chi connectivity index (χ2n) is 9.80. The average molecular weight is 741 g/mol. The molecular formula is C31H24Br2N4O2S3. The molecule has 0 spiro atoms. The van der Waals surface area contributed by atoms with Gasteiger partial charge in [0.15, 0.2) is 10.9 Å². The molecule has 11 heteroatoms. The molecule has 212 valence electrons. The molecule has 0 saturated heterocycles. The molecule has 3 N–H and O–H groups in total. The smallest absolute Gasteiger partial charge is 0.234 e. The first kappa shape index (κ1) is 29.4. The van der Waals surface area contributed by atoms with Crippen LogP contribution in [0.15, 0.2) is 86.9 Å². The van der Waals surface area contributed by atoms with Crippen LogP contribution in [0.25, 0.3) is 10.2 Å². The van der Waals surface area contributed by atoms with Crippen LogP contribution < -0.4 is 11.1 Å². The fraction of sp³-hybridized carbons (Fsp3) is 0.161. The summed E-state index contributed by atoms with van der Waals surface area (Å²) >= 11 is 12.0. The molecule has 6 rings (SSSR count). The van der Waals surface area contributed by atoms with E-state index in [0.717, 1.165) is 25.6 Å². The van der Waals surface area contributed by atoms with Gasteiger partial charge in [-0.2, -0.15) is 0 Å². The maximum absolute atomic E-state index is 12.6. The molecule has 2 atom stereocenters. The van der Waals surface area contributed by atoms with Crippen molar-refractivity contribution in [2.24, 2.45) is 0 Å². The van der Waals surface area contributed by atoms with E-state index in [9.17, 15) is 9.59 Å². The third kappa shape index (κ3) is 6.30. The van der Waals surface area contributed by atoms with Gasteiger partial charge in [-0.05, 0) is 78.6 Å². The van der Waals surface area contributed by atoms with Gasteiger partial charge < -0.3 is 11.1 Å². The largest absolute Gasteiger partial charge is 0.383 e. The number of Topliss-reactive ketones (excluding diaryl/α,β-unsaturated/α-hetero) is 1. The maximum atomic E-state index is 12.6. The first-order valence-corrected chi connectivity index (χ1v) is 17.4. The summed E-state index contributed by atoms with van der Waals surface area (Å²) in [5.74, 6) is 0.367. The van der Waals surface area contributed by atoms with E-state index in [4.69, 9.17) is 10.7 Å². The zero-order valence-electron chi connectivity index (χ0n) is 22.3. The summed E-state index contributed by atoms with van der Waals surface area (Å²) in [6.45, 7) is 1.51. The number of nitrogen functional groups attached to an aromatic ring is 1. The Morgan fingerprint density at radius 1 is 0.952 bits per heavy atom. The first-order chi connectivity index (χ1) is 20.2. The number of carbonyl (C=O) groups is 2. The number of hydrogen-bond acceptors (Lipinski definition) is 8. The number of hydrogen-bond donors (Lipinski definition) is 2. The zero-order valence-corrected chi connectivity index (χ0v) is 27.9. The Labute approximate surface area is 272 Å². The Hall–Kier alpha value is -2.70. The van der Waals surface area contributed by atoms with Gasteiger partial charge in [-0.25, -0.2) is 9.97 Å². The molecular weight excluding hydrogens is 716 g/mol. The van der Waals surface area contributed by atoms with Crippen LogP contribution in [0.3, 0.4) is 0 Å². The Kier molecular flexibility index (Phi) is 8.74. The number of thioether (sulfide) groups is 2. The fourth-order valence-electron chi connectivity index (χ4n) is 4.88. The highest BCUT2D eigenvalue weighted by atomic mass is 79.9. The highest BCUT2D eigenvalue weighted by Gasteiger charge is 2.34. The Balaban J connectivity index is 1.28. The van der Waals surface area contributed by atoms with Gasteiger partial charge >= 0.3 is 0 Å².